The molecule has 0 fully saturated rings. The molecule has 4 nitrogen and oxygen atoms in total. The molecule has 1 spiro atoms. The summed E-state index contributed by atoms with van der Waals surface area (Å²) in [5, 5.41) is 7.50. The van der Waals surface area contributed by atoms with Gasteiger partial charge < -0.3 is 4.57 Å². The third kappa shape index (κ3) is 4.91. The maximum Gasteiger partial charge on any atom is 0.164 e. The van der Waals surface area contributed by atoms with E-state index < -0.39 is 5.41 Å². The van der Waals surface area contributed by atoms with Crippen molar-refractivity contribution in [3.05, 3.63) is 241 Å². The summed E-state index contributed by atoms with van der Waals surface area (Å²) in [6.45, 7) is 0. The predicted octanol–water partition coefficient (Wildman–Crippen LogP) is 14.6. The van der Waals surface area contributed by atoms with Crippen molar-refractivity contribution in [3.63, 3.8) is 0 Å². The van der Waals surface area contributed by atoms with Crippen molar-refractivity contribution >= 4 is 43.4 Å². The first-order valence-electron chi connectivity index (χ1n) is 21.9. The summed E-state index contributed by atoms with van der Waals surface area (Å²) in [5.74, 6) is 1.94. The van der Waals surface area contributed by atoms with E-state index in [0.29, 0.717) is 17.5 Å². The van der Waals surface area contributed by atoms with Crippen molar-refractivity contribution in [3.8, 4) is 62.1 Å². The lowest BCUT2D eigenvalue weighted by Crippen LogP contribution is -2.33. The second-order valence-electron chi connectivity index (χ2n) is 17.1. The lowest BCUT2D eigenvalue weighted by Gasteiger charge is -2.39. The molecule has 1 aliphatic heterocycles. The van der Waals surface area contributed by atoms with Crippen LogP contribution < -0.4 is 0 Å². The van der Waals surface area contributed by atoms with E-state index in [1.165, 1.54) is 93.5 Å². The number of aromatic nitrogens is 4. The first-order valence-corrected chi connectivity index (χ1v) is 21.9. The fourth-order valence-corrected chi connectivity index (χ4v) is 11.0. The molecule has 0 amide bonds. The molecule has 0 saturated carbocycles. The third-order valence-corrected chi connectivity index (χ3v) is 13.8. The molecule has 12 aromatic rings. The van der Waals surface area contributed by atoms with Gasteiger partial charge in [0.1, 0.15) is 0 Å². The van der Waals surface area contributed by atoms with Crippen LogP contribution in [0.4, 0.5) is 0 Å². The lowest BCUT2D eigenvalue weighted by atomic mass is 9.65. The zero-order valence-corrected chi connectivity index (χ0v) is 34.6. The minimum absolute atomic E-state index is 0.589. The molecule has 3 heterocycles. The molecule has 1 atom stereocenters. The van der Waals surface area contributed by atoms with Gasteiger partial charge in [-0.3, -0.25) is 0 Å². The molecule has 0 saturated heterocycles. The zero-order valence-electron chi connectivity index (χ0n) is 34.6. The molecule has 2 aromatic heterocycles. The molecule has 1 unspecified atom stereocenters. The summed E-state index contributed by atoms with van der Waals surface area (Å²) in [6, 6.07) is 79.5. The standard InChI is InChI=1S/C60H36N4/c1-3-14-37(15-4-1)57-61-58(38-16-5-2-6-17-38)63-59(62-57)44-29-31-51-49(36-44)48-35-43(41-26-27-42-32-39-18-7-8-19-40(39)33-45(42)34-41)28-30-50(48)60(51)52-22-10-12-25-55(52)64-54-24-11-9-20-46(54)47-21-13-23-53(60)56(47)64/h1-36H. The van der Waals surface area contributed by atoms with Crippen molar-refractivity contribution in [2.45, 2.75) is 5.41 Å². The van der Waals surface area contributed by atoms with E-state index in [-0.39, 0.29) is 0 Å². The Bertz CT molecular complexity index is 3850. The second kappa shape index (κ2) is 13.3. The monoisotopic (exact) mass is 812 g/mol. The van der Waals surface area contributed by atoms with Crippen LogP contribution in [0.5, 0.6) is 0 Å². The molecule has 10 aromatic carbocycles. The van der Waals surface area contributed by atoms with Gasteiger partial charge in [0.05, 0.1) is 22.1 Å². The number of hydrogen-bond donors (Lipinski definition) is 0. The maximum absolute atomic E-state index is 5.20. The smallest absolute Gasteiger partial charge is 0.164 e. The largest absolute Gasteiger partial charge is 0.309 e. The average Bonchev–Trinajstić information content (AvgIpc) is 3.86. The van der Waals surface area contributed by atoms with Crippen molar-refractivity contribution in [1.82, 2.24) is 19.5 Å². The van der Waals surface area contributed by atoms with E-state index in [1.54, 1.807) is 0 Å². The lowest BCUT2D eigenvalue weighted by molar-refractivity contribution is 0.748. The van der Waals surface area contributed by atoms with E-state index in [1.807, 2.05) is 36.4 Å². The Hall–Kier alpha value is -8.47. The highest BCUT2D eigenvalue weighted by molar-refractivity contribution is 6.13. The van der Waals surface area contributed by atoms with Gasteiger partial charge in [0.25, 0.3) is 0 Å². The van der Waals surface area contributed by atoms with Crippen molar-refractivity contribution in [2.24, 2.45) is 0 Å². The molecular formula is C60H36N4. The maximum atomic E-state index is 5.20. The summed E-state index contributed by atoms with van der Waals surface area (Å²) in [7, 11) is 0. The normalized spacial score (nSPS) is 14.6. The van der Waals surface area contributed by atoms with Gasteiger partial charge in [0, 0.05) is 27.5 Å². The summed E-state index contributed by atoms with van der Waals surface area (Å²) in [5.41, 5.74) is 15.8. The summed E-state index contributed by atoms with van der Waals surface area (Å²) < 4.78 is 2.50. The van der Waals surface area contributed by atoms with E-state index in [9.17, 15) is 0 Å². The van der Waals surface area contributed by atoms with Crippen LogP contribution in [0.2, 0.25) is 0 Å². The molecule has 1 aliphatic carbocycles. The zero-order chi connectivity index (χ0) is 41.9. The highest BCUT2D eigenvalue weighted by Crippen LogP contribution is 2.61. The van der Waals surface area contributed by atoms with Crippen LogP contribution >= 0.6 is 0 Å². The van der Waals surface area contributed by atoms with Crippen LogP contribution in [0, 0.1) is 0 Å². The van der Waals surface area contributed by atoms with E-state index in [2.05, 4.69) is 187 Å². The van der Waals surface area contributed by atoms with Gasteiger partial charge >= 0.3 is 0 Å². The molecule has 14 rings (SSSR count). The highest BCUT2D eigenvalue weighted by Gasteiger charge is 2.51. The van der Waals surface area contributed by atoms with E-state index >= 15 is 0 Å². The van der Waals surface area contributed by atoms with Gasteiger partial charge in [-0.05, 0) is 109 Å². The van der Waals surface area contributed by atoms with Gasteiger partial charge in [-0.15, -0.1) is 0 Å². The van der Waals surface area contributed by atoms with Crippen LogP contribution in [-0.4, -0.2) is 19.5 Å². The Labute approximate surface area is 369 Å². The molecule has 0 N–H and O–H groups in total. The van der Waals surface area contributed by atoms with Gasteiger partial charge in [-0.1, -0.05) is 176 Å². The number of rotatable bonds is 4. The summed E-state index contributed by atoms with van der Waals surface area (Å²) in [6.07, 6.45) is 0. The SMILES string of the molecule is c1ccc(-c2nc(-c3ccccc3)nc(-c3ccc4c(c3)-c3cc(-c5ccc6cc7ccccc7cc6c5)ccc3C43c4ccccc4-n4c5ccccc5c5cccc3c54)n2)cc1. The summed E-state index contributed by atoms with van der Waals surface area (Å²) in [4.78, 5) is 15.4. The fourth-order valence-electron chi connectivity index (χ4n) is 11.0. The number of hydrogen-bond acceptors (Lipinski definition) is 3. The van der Waals surface area contributed by atoms with Crippen LogP contribution in [0.15, 0.2) is 218 Å². The van der Waals surface area contributed by atoms with Gasteiger partial charge in [0.15, 0.2) is 17.5 Å². The molecule has 4 heteroatoms. The van der Waals surface area contributed by atoms with Crippen LogP contribution in [0.25, 0.3) is 105 Å². The van der Waals surface area contributed by atoms with Crippen molar-refractivity contribution in [2.75, 3.05) is 0 Å². The molecule has 296 valence electrons. The van der Waals surface area contributed by atoms with E-state index in [0.717, 1.165) is 16.7 Å². The first kappa shape index (κ1) is 35.2. The Kier molecular flexibility index (Phi) is 7.29. The number of nitrogens with zero attached hydrogens (tertiary/aromatic N) is 4. The van der Waals surface area contributed by atoms with Gasteiger partial charge in [0.2, 0.25) is 0 Å². The molecular weight excluding hydrogens is 777 g/mol. The third-order valence-electron chi connectivity index (χ3n) is 13.8. The Balaban J connectivity index is 1.05. The average molecular weight is 813 g/mol. The topological polar surface area (TPSA) is 43.6 Å². The minimum atomic E-state index is -0.589. The Morgan fingerprint density at radius 1 is 0.312 bits per heavy atom. The molecule has 2 aliphatic rings. The highest BCUT2D eigenvalue weighted by atomic mass is 15.0. The van der Waals surface area contributed by atoms with Gasteiger partial charge in [-0.25, -0.2) is 15.0 Å². The van der Waals surface area contributed by atoms with Crippen molar-refractivity contribution < 1.29 is 0 Å². The van der Waals surface area contributed by atoms with Crippen molar-refractivity contribution in [1.29, 1.82) is 0 Å². The fraction of sp³-hybridized carbons (Fsp3) is 0.0167. The second-order valence-corrected chi connectivity index (χ2v) is 17.1. The van der Waals surface area contributed by atoms with Gasteiger partial charge in [-0.2, -0.15) is 0 Å². The predicted molar refractivity (Wildman–Crippen MR) is 262 cm³/mol. The quantitative estimate of drug-likeness (QED) is 0.166. The Morgan fingerprint density at radius 2 is 0.828 bits per heavy atom. The first-order chi connectivity index (χ1) is 31.7. The number of benzene rings is 10. The molecule has 0 radical (unpaired) electrons. The minimum Gasteiger partial charge on any atom is -0.309 e. The molecule has 0 bridgehead atoms. The van der Waals surface area contributed by atoms with Crippen LogP contribution in [0.1, 0.15) is 22.3 Å². The number of para-hydroxylation sites is 3. The van der Waals surface area contributed by atoms with Crippen LogP contribution in [-0.2, 0) is 5.41 Å². The molecule has 64 heavy (non-hydrogen) atoms. The summed E-state index contributed by atoms with van der Waals surface area (Å²) >= 11 is 0. The van der Waals surface area contributed by atoms with E-state index in [4.69, 9.17) is 15.0 Å². The Morgan fingerprint density at radius 3 is 1.56 bits per heavy atom. The number of fused-ring (bicyclic) bond motifs is 14. The van der Waals surface area contributed by atoms with Crippen LogP contribution in [0.3, 0.4) is 0 Å².